The Bertz CT molecular complexity index is 382. The molecule has 1 aromatic carbocycles. The van der Waals surface area contributed by atoms with Gasteiger partial charge in [0, 0.05) is 25.7 Å². The summed E-state index contributed by atoms with van der Waals surface area (Å²) in [5, 5.41) is 3.40. The van der Waals surface area contributed by atoms with Crippen molar-refractivity contribution in [1.82, 2.24) is 10.2 Å². The van der Waals surface area contributed by atoms with Gasteiger partial charge in [-0.05, 0) is 25.1 Å². The minimum atomic E-state index is 0.517. The second-order valence-corrected chi connectivity index (χ2v) is 5.45. The van der Waals surface area contributed by atoms with E-state index in [0.29, 0.717) is 6.04 Å². The first-order valence-corrected chi connectivity index (χ1v) is 6.61. The fraction of sp³-hybridized carbons (Fsp3) is 0.500. The van der Waals surface area contributed by atoms with Gasteiger partial charge in [0.1, 0.15) is 0 Å². The number of nitrogens with zero attached hydrogens (tertiary/aromatic N) is 1. The van der Waals surface area contributed by atoms with Crippen LogP contribution in [-0.4, -0.2) is 31.1 Å². The number of hydrogen-bond donors (Lipinski definition) is 1. The van der Waals surface area contributed by atoms with E-state index in [1.54, 1.807) is 0 Å². The molecule has 1 N–H and O–H groups in total. The lowest BCUT2D eigenvalue weighted by Crippen LogP contribution is -2.29. The number of nitrogens with one attached hydrogen (secondary N) is 1. The molecule has 0 aliphatic rings. The predicted octanol–water partition coefficient (Wildman–Crippen LogP) is 2.98. The quantitative estimate of drug-likeness (QED) is 0.744. The van der Waals surface area contributed by atoms with Crippen LogP contribution in [-0.2, 0) is 6.54 Å². The third kappa shape index (κ3) is 5.99. The molecular weight excluding hydrogens is 220 g/mol. The van der Waals surface area contributed by atoms with E-state index in [2.05, 4.69) is 68.9 Å². The van der Waals surface area contributed by atoms with Gasteiger partial charge in [-0.15, -0.1) is 0 Å². The lowest BCUT2D eigenvalue weighted by Gasteiger charge is -2.19. The summed E-state index contributed by atoms with van der Waals surface area (Å²) in [4.78, 5) is 2.30. The van der Waals surface area contributed by atoms with Crippen molar-refractivity contribution < 1.29 is 0 Å². The first-order chi connectivity index (χ1) is 8.47. The molecule has 0 spiro atoms. The summed E-state index contributed by atoms with van der Waals surface area (Å²) >= 11 is 0. The molecule has 2 nitrogen and oxygen atoms in total. The summed E-state index contributed by atoms with van der Waals surface area (Å²) in [6.45, 7) is 13.4. The Hall–Kier alpha value is -1.12. The first-order valence-electron chi connectivity index (χ1n) is 6.61. The average molecular weight is 246 g/mol. The van der Waals surface area contributed by atoms with Crippen LogP contribution >= 0.6 is 0 Å². The van der Waals surface area contributed by atoms with Crippen LogP contribution in [0.25, 0.3) is 0 Å². The fourth-order valence-corrected chi connectivity index (χ4v) is 1.96. The molecule has 1 aromatic rings. The Morgan fingerprint density at radius 2 is 2.11 bits per heavy atom. The van der Waals surface area contributed by atoms with E-state index < -0.39 is 0 Å². The zero-order valence-electron chi connectivity index (χ0n) is 12.2. The first kappa shape index (κ1) is 14.9. The van der Waals surface area contributed by atoms with Gasteiger partial charge in [-0.25, -0.2) is 0 Å². The molecule has 0 aliphatic carbocycles. The predicted molar refractivity (Wildman–Crippen MR) is 79.8 cm³/mol. The number of aryl methyl sites for hydroxylation is 1. The molecule has 0 aliphatic heterocycles. The van der Waals surface area contributed by atoms with Gasteiger partial charge in [0.2, 0.25) is 0 Å². The summed E-state index contributed by atoms with van der Waals surface area (Å²) in [6.07, 6.45) is 0. The summed E-state index contributed by atoms with van der Waals surface area (Å²) in [5.74, 6) is 0. The molecule has 0 bridgehead atoms. The lowest BCUT2D eigenvalue weighted by atomic mass is 10.1. The Morgan fingerprint density at radius 3 is 2.72 bits per heavy atom. The van der Waals surface area contributed by atoms with Crippen molar-refractivity contribution in [3.05, 3.63) is 47.5 Å². The van der Waals surface area contributed by atoms with Crippen LogP contribution in [0.15, 0.2) is 36.4 Å². The molecule has 0 fully saturated rings. The minimum Gasteiger partial charge on any atom is -0.311 e. The van der Waals surface area contributed by atoms with Gasteiger partial charge in [0.05, 0.1) is 0 Å². The SMILES string of the molecule is C=C(CNC(C)C)CN(C)Cc1cccc(C)c1. The van der Waals surface area contributed by atoms with Crippen LogP contribution in [0.3, 0.4) is 0 Å². The van der Waals surface area contributed by atoms with Crippen molar-refractivity contribution in [2.24, 2.45) is 0 Å². The summed E-state index contributed by atoms with van der Waals surface area (Å²) in [6, 6.07) is 9.19. The molecule has 2 heteroatoms. The van der Waals surface area contributed by atoms with E-state index in [-0.39, 0.29) is 0 Å². The van der Waals surface area contributed by atoms with Gasteiger partial charge in [0.25, 0.3) is 0 Å². The maximum atomic E-state index is 4.12. The molecule has 100 valence electrons. The molecule has 0 atom stereocenters. The standard InChI is InChI=1S/C16H26N2/c1-13(2)17-10-15(4)11-18(5)12-16-8-6-7-14(3)9-16/h6-9,13,17H,4,10-12H2,1-3,5H3. The largest absolute Gasteiger partial charge is 0.311 e. The van der Waals surface area contributed by atoms with Crippen LogP contribution in [0, 0.1) is 6.92 Å². The molecule has 0 heterocycles. The zero-order valence-corrected chi connectivity index (χ0v) is 12.2. The maximum Gasteiger partial charge on any atom is 0.0234 e. The van der Waals surface area contributed by atoms with Crippen molar-refractivity contribution in [2.75, 3.05) is 20.1 Å². The molecule has 1 rings (SSSR count). The van der Waals surface area contributed by atoms with E-state index in [1.807, 2.05) is 0 Å². The molecule has 0 saturated heterocycles. The third-order valence-electron chi connectivity index (χ3n) is 2.79. The second kappa shape index (κ2) is 7.34. The molecule has 0 amide bonds. The number of likely N-dealkylation sites (N-methyl/N-ethyl adjacent to an activating group) is 1. The van der Waals surface area contributed by atoms with Crippen molar-refractivity contribution in [3.8, 4) is 0 Å². The number of rotatable bonds is 7. The van der Waals surface area contributed by atoms with Gasteiger partial charge < -0.3 is 5.32 Å². The molecular formula is C16H26N2. The Kier molecular flexibility index (Phi) is 6.10. The zero-order chi connectivity index (χ0) is 13.5. The summed E-state index contributed by atoms with van der Waals surface area (Å²) in [7, 11) is 2.14. The highest BCUT2D eigenvalue weighted by Crippen LogP contribution is 2.07. The van der Waals surface area contributed by atoms with E-state index in [0.717, 1.165) is 19.6 Å². The Labute approximate surface area is 112 Å². The fourth-order valence-electron chi connectivity index (χ4n) is 1.96. The maximum absolute atomic E-state index is 4.12. The van der Waals surface area contributed by atoms with Crippen LogP contribution in [0.4, 0.5) is 0 Å². The molecule has 0 radical (unpaired) electrons. The monoisotopic (exact) mass is 246 g/mol. The number of benzene rings is 1. The highest BCUT2D eigenvalue weighted by molar-refractivity contribution is 5.22. The minimum absolute atomic E-state index is 0.517. The van der Waals surface area contributed by atoms with Crippen LogP contribution < -0.4 is 5.32 Å². The van der Waals surface area contributed by atoms with Crippen molar-refractivity contribution in [1.29, 1.82) is 0 Å². The topological polar surface area (TPSA) is 15.3 Å². The lowest BCUT2D eigenvalue weighted by molar-refractivity contribution is 0.351. The summed E-state index contributed by atoms with van der Waals surface area (Å²) < 4.78 is 0. The van der Waals surface area contributed by atoms with E-state index in [4.69, 9.17) is 0 Å². The highest BCUT2D eigenvalue weighted by atomic mass is 15.1. The number of hydrogen-bond acceptors (Lipinski definition) is 2. The van der Waals surface area contributed by atoms with Crippen LogP contribution in [0.2, 0.25) is 0 Å². The van der Waals surface area contributed by atoms with Gasteiger partial charge in [0.15, 0.2) is 0 Å². The van der Waals surface area contributed by atoms with Crippen molar-refractivity contribution >= 4 is 0 Å². The van der Waals surface area contributed by atoms with E-state index in [1.165, 1.54) is 16.7 Å². The van der Waals surface area contributed by atoms with Crippen LogP contribution in [0.5, 0.6) is 0 Å². The van der Waals surface area contributed by atoms with Gasteiger partial charge in [-0.1, -0.05) is 50.3 Å². The molecule has 0 unspecified atom stereocenters. The smallest absolute Gasteiger partial charge is 0.0234 e. The Morgan fingerprint density at radius 1 is 1.39 bits per heavy atom. The van der Waals surface area contributed by atoms with Gasteiger partial charge >= 0.3 is 0 Å². The van der Waals surface area contributed by atoms with Gasteiger partial charge in [-0.3, -0.25) is 4.90 Å². The van der Waals surface area contributed by atoms with E-state index >= 15 is 0 Å². The summed E-state index contributed by atoms with van der Waals surface area (Å²) in [5.41, 5.74) is 3.92. The van der Waals surface area contributed by atoms with Crippen molar-refractivity contribution in [2.45, 2.75) is 33.4 Å². The van der Waals surface area contributed by atoms with E-state index in [9.17, 15) is 0 Å². The van der Waals surface area contributed by atoms with Crippen molar-refractivity contribution in [3.63, 3.8) is 0 Å². The second-order valence-electron chi connectivity index (χ2n) is 5.45. The van der Waals surface area contributed by atoms with Gasteiger partial charge in [-0.2, -0.15) is 0 Å². The normalized spacial score (nSPS) is 11.2. The Balaban J connectivity index is 2.37. The van der Waals surface area contributed by atoms with Crippen LogP contribution in [0.1, 0.15) is 25.0 Å². The average Bonchev–Trinajstić information content (AvgIpc) is 2.26. The molecule has 18 heavy (non-hydrogen) atoms. The molecule has 0 saturated carbocycles. The third-order valence-corrected chi connectivity index (χ3v) is 2.79. The highest BCUT2D eigenvalue weighted by Gasteiger charge is 2.03. The molecule has 0 aromatic heterocycles.